The lowest BCUT2D eigenvalue weighted by atomic mass is 9.79. The van der Waals surface area contributed by atoms with Crippen LogP contribution in [-0.4, -0.2) is 5.78 Å². The van der Waals surface area contributed by atoms with Crippen molar-refractivity contribution in [1.82, 2.24) is 0 Å². The molecular weight excluding hydrogens is 220 g/mol. The summed E-state index contributed by atoms with van der Waals surface area (Å²) in [5.74, 6) is 1.32. The monoisotopic (exact) mass is 244 g/mol. The summed E-state index contributed by atoms with van der Waals surface area (Å²) in [7, 11) is 0. The first-order valence-corrected chi connectivity index (χ1v) is 7.30. The van der Waals surface area contributed by atoms with E-state index in [4.69, 9.17) is 0 Å². The van der Waals surface area contributed by atoms with Crippen LogP contribution in [0, 0.1) is 11.8 Å². The van der Waals surface area contributed by atoms with Crippen LogP contribution in [0.15, 0.2) is 24.3 Å². The van der Waals surface area contributed by atoms with Gasteiger partial charge in [-0.3, -0.25) is 4.79 Å². The molecule has 1 aliphatic carbocycles. The van der Waals surface area contributed by atoms with E-state index in [-0.39, 0.29) is 5.92 Å². The maximum Gasteiger partial charge on any atom is 0.136 e. The first-order valence-electron chi connectivity index (χ1n) is 7.30. The van der Waals surface area contributed by atoms with Crippen LogP contribution < -0.4 is 0 Å². The molecule has 0 aliphatic heterocycles. The van der Waals surface area contributed by atoms with Gasteiger partial charge in [0.05, 0.1) is 0 Å². The Kier molecular flexibility index (Phi) is 4.57. The zero-order valence-electron chi connectivity index (χ0n) is 11.6. The van der Waals surface area contributed by atoms with E-state index in [1.807, 2.05) is 0 Å². The number of carbonyl (C=O) groups is 1. The second-order valence-corrected chi connectivity index (χ2v) is 5.77. The minimum absolute atomic E-state index is 0.277. The van der Waals surface area contributed by atoms with Crippen LogP contribution in [0.25, 0.3) is 0 Å². The molecule has 0 heterocycles. The molecule has 1 aromatic rings. The Bertz CT molecular complexity index is 408. The number of fused-ring (bicyclic) bond motifs is 1. The molecule has 0 saturated heterocycles. The smallest absolute Gasteiger partial charge is 0.136 e. The number of benzene rings is 1. The summed E-state index contributed by atoms with van der Waals surface area (Å²) in [6.45, 7) is 4.40. The molecule has 0 N–H and O–H groups in total. The Hall–Kier alpha value is -1.11. The van der Waals surface area contributed by atoms with Crippen LogP contribution in [0.2, 0.25) is 0 Å². The van der Waals surface area contributed by atoms with Crippen molar-refractivity contribution < 1.29 is 4.79 Å². The van der Waals surface area contributed by atoms with Crippen LogP contribution in [0.4, 0.5) is 0 Å². The highest BCUT2D eigenvalue weighted by molar-refractivity contribution is 5.81. The van der Waals surface area contributed by atoms with Gasteiger partial charge in [-0.15, -0.1) is 0 Å². The lowest BCUT2D eigenvalue weighted by molar-refractivity contribution is -0.124. The third-order valence-electron chi connectivity index (χ3n) is 4.13. The minimum Gasteiger partial charge on any atom is -0.299 e. The second kappa shape index (κ2) is 6.17. The van der Waals surface area contributed by atoms with Crippen molar-refractivity contribution in [2.24, 2.45) is 11.8 Å². The molecule has 0 amide bonds. The summed E-state index contributed by atoms with van der Waals surface area (Å²) in [6.07, 6.45) is 6.23. The molecule has 1 nitrogen and oxygen atoms in total. The van der Waals surface area contributed by atoms with Gasteiger partial charge < -0.3 is 0 Å². The van der Waals surface area contributed by atoms with Crippen LogP contribution >= 0.6 is 0 Å². The van der Waals surface area contributed by atoms with Crippen molar-refractivity contribution in [3.8, 4) is 0 Å². The van der Waals surface area contributed by atoms with Crippen molar-refractivity contribution in [3.63, 3.8) is 0 Å². The highest BCUT2D eigenvalue weighted by Gasteiger charge is 2.24. The van der Waals surface area contributed by atoms with Gasteiger partial charge in [-0.25, -0.2) is 0 Å². The standard InChI is InChI=1S/C17H24O/c1-3-6-13(2)11-17(18)16-10-9-14-7-4-5-8-15(14)12-16/h4-5,7-8,13,16H,3,6,9-12H2,1-2H3. The fraction of sp³-hybridized carbons (Fsp3) is 0.588. The Labute approximate surface area is 111 Å². The molecule has 1 aromatic carbocycles. The van der Waals surface area contributed by atoms with Crippen molar-refractivity contribution in [2.45, 2.75) is 52.4 Å². The number of carbonyl (C=O) groups excluding carboxylic acids is 1. The summed E-state index contributed by atoms with van der Waals surface area (Å²) in [6, 6.07) is 8.58. The maximum atomic E-state index is 12.3. The average Bonchev–Trinajstić information content (AvgIpc) is 2.38. The SMILES string of the molecule is CCCC(C)CC(=O)C1CCc2ccccc2C1. The van der Waals surface area contributed by atoms with Crippen LogP contribution in [0.3, 0.4) is 0 Å². The lowest BCUT2D eigenvalue weighted by Gasteiger charge is -2.24. The van der Waals surface area contributed by atoms with Crippen LogP contribution in [-0.2, 0) is 17.6 Å². The lowest BCUT2D eigenvalue weighted by Crippen LogP contribution is -2.24. The predicted octanol–water partition coefficient (Wildman–Crippen LogP) is 4.19. The van der Waals surface area contributed by atoms with E-state index in [1.165, 1.54) is 24.0 Å². The number of hydrogen-bond donors (Lipinski definition) is 0. The summed E-state index contributed by atoms with van der Waals surface area (Å²) >= 11 is 0. The zero-order chi connectivity index (χ0) is 13.0. The van der Waals surface area contributed by atoms with Gasteiger partial charge in [0.1, 0.15) is 5.78 Å². The zero-order valence-corrected chi connectivity index (χ0v) is 11.6. The molecule has 0 spiro atoms. The van der Waals surface area contributed by atoms with Crippen LogP contribution in [0.5, 0.6) is 0 Å². The largest absolute Gasteiger partial charge is 0.299 e. The van der Waals surface area contributed by atoms with E-state index in [0.717, 1.165) is 25.7 Å². The van der Waals surface area contributed by atoms with Crippen molar-refractivity contribution in [3.05, 3.63) is 35.4 Å². The van der Waals surface area contributed by atoms with Crippen LogP contribution in [0.1, 0.15) is 50.7 Å². The molecule has 18 heavy (non-hydrogen) atoms. The normalized spacial score (nSPS) is 20.2. The van der Waals surface area contributed by atoms with Gasteiger partial charge >= 0.3 is 0 Å². The molecule has 0 saturated carbocycles. The van der Waals surface area contributed by atoms with Gasteiger partial charge in [-0.1, -0.05) is 51.0 Å². The van der Waals surface area contributed by atoms with Gasteiger partial charge in [0.25, 0.3) is 0 Å². The summed E-state index contributed by atoms with van der Waals surface area (Å²) in [4.78, 5) is 12.3. The molecule has 2 atom stereocenters. The van der Waals surface area contributed by atoms with Gasteiger partial charge in [0, 0.05) is 12.3 Å². The van der Waals surface area contributed by atoms with Gasteiger partial charge in [-0.2, -0.15) is 0 Å². The molecule has 1 aliphatic rings. The predicted molar refractivity (Wildman–Crippen MR) is 75.7 cm³/mol. The molecule has 98 valence electrons. The molecule has 0 aromatic heterocycles. The highest BCUT2D eigenvalue weighted by atomic mass is 16.1. The number of ketones is 1. The van der Waals surface area contributed by atoms with E-state index in [9.17, 15) is 4.79 Å². The Balaban J connectivity index is 1.94. The van der Waals surface area contributed by atoms with E-state index >= 15 is 0 Å². The van der Waals surface area contributed by atoms with E-state index in [2.05, 4.69) is 38.1 Å². The summed E-state index contributed by atoms with van der Waals surface area (Å²) < 4.78 is 0. The number of aryl methyl sites for hydroxylation is 1. The Morgan fingerprint density at radius 2 is 2.06 bits per heavy atom. The fourth-order valence-corrected chi connectivity index (χ4v) is 3.08. The van der Waals surface area contributed by atoms with Crippen molar-refractivity contribution in [2.75, 3.05) is 0 Å². The molecule has 0 radical (unpaired) electrons. The number of hydrogen-bond acceptors (Lipinski definition) is 1. The van der Waals surface area contributed by atoms with Gasteiger partial charge in [-0.05, 0) is 36.3 Å². The first kappa shape index (κ1) is 13.3. The summed E-state index contributed by atoms with van der Waals surface area (Å²) in [5.41, 5.74) is 2.84. The van der Waals surface area contributed by atoms with E-state index in [1.54, 1.807) is 0 Å². The molecular formula is C17H24O. The first-order chi connectivity index (χ1) is 8.70. The third-order valence-corrected chi connectivity index (χ3v) is 4.13. The van der Waals surface area contributed by atoms with E-state index < -0.39 is 0 Å². The average molecular weight is 244 g/mol. The maximum absolute atomic E-state index is 12.3. The summed E-state index contributed by atoms with van der Waals surface area (Å²) in [5, 5.41) is 0. The third kappa shape index (κ3) is 3.22. The fourth-order valence-electron chi connectivity index (χ4n) is 3.08. The number of Topliss-reactive ketones (excluding diaryl/α,β-unsaturated/α-hetero) is 1. The van der Waals surface area contributed by atoms with Crippen molar-refractivity contribution in [1.29, 1.82) is 0 Å². The minimum atomic E-state index is 0.277. The van der Waals surface area contributed by atoms with Gasteiger partial charge in [0.2, 0.25) is 0 Å². The molecule has 2 rings (SSSR count). The quantitative estimate of drug-likeness (QED) is 0.759. The Morgan fingerprint density at radius 3 is 2.78 bits per heavy atom. The molecule has 0 fully saturated rings. The number of rotatable bonds is 5. The Morgan fingerprint density at radius 1 is 1.33 bits per heavy atom. The second-order valence-electron chi connectivity index (χ2n) is 5.77. The molecule has 0 bridgehead atoms. The van der Waals surface area contributed by atoms with Gasteiger partial charge in [0.15, 0.2) is 0 Å². The highest BCUT2D eigenvalue weighted by Crippen LogP contribution is 2.27. The molecule has 2 unspecified atom stereocenters. The topological polar surface area (TPSA) is 17.1 Å². The van der Waals surface area contributed by atoms with E-state index in [0.29, 0.717) is 11.7 Å². The molecule has 1 heteroatoms. The van der Waals surface area contributed by atoms with Crippen molar-refractivity contribution >= 4 is 5.78 Å².